The topological polar surface area (TPSA) is 67.3 Å². The van der Waals surface area contributed by atoms with Gasteiger partial charge in [-0.3, -0.25) is 4.79 Å². The molecule has 0 spiro atoms. The molecule has 0 atom stereocenters. The SMILES string of the molecule is CCOc1cc(NCCC(=O)N(CC)CC)nc(C)n1. The van der Waals surface area contributed by atoms with Gasteiger partial charge in [0, 0.05) is 32.1 Å². The molecule has 0 aliphatic heterocycles. The molecule has 20 heavy (non-hydrogen) atoms. The summed E-state index contributed by atoms with van der Waals surface area (Å²) in [4.78, 5) is 22.1. The lowest BCUT2D eigenvalue weighted by Gasteiger charge is -2.18. The Morgan fingerprint density at radius 1 is 1.30 bits per heavy atom. The summed E-state index contributed by atoms with van der Waals surface area (Å²) in [6.45, 7) is 10.3. The molecule has 0 saturated heterocycles. The van der Waals surface area contributed by atoms with Crippen molar-refractivity contribution < 1.29 is 9.53 Å². The molecule has 6 heteroatoms. The molecule has 1 aromatic heterocycles. The summed E-state index contributed by atoms with van der Waals surface area (Å²) in [5, 5.41) is 3.14. The molecule has 0 fully saturated rings. The lowest BCUT2D eigenvalue weighted by Crippen LogP contribution is -2.31. The monoisotopic (exact) mass is 280 g/mol. The number of nitrogens with zero attached hydrogens (tertiary/aromatic N) is 3. The molecule has 0 saturated carbocycles. The third-order valence-corrected chi connectivity index (χ3v) is 2.87. The van der Waals surface area contributed by atoms with Crippen molar-refractivity contribution in [3.63, 3.8) is 0 Å². The van der Waals surface area contributed by atoms with Crippen molar-refractivity contribution in [3.05, 3.63) is 11.9 Å². The van der Waals surface area contributed by atoms with Gasteiger partial charge in [0.2, 0.25) is 11.8 Å². The fourth-order valence-electron chi connectivity index (χ4n) is 1.88. The zero-order valence-electron chi connectivity index (χ0n) is 12.8. The molecule has 0 radical (unpaired) electrons. The van der Waals surface area contributed by atoms with Gasteiger partial charge in [-0.25, -0.2) is 4.98 Å². The van der Waals surface area contributed by atoms with Gasteiger partial charge in [-0.05, 0) is 27.7 Å². The van der Waals surface area contributed by atoms with Crippen molar-refractivity contribution >= 4 is 11.7 Å². The fraction of sp³-hybridized carbons (Fsp3) is 0.643. The van der Waals surface area contributed by atoms with Gasteiger partial charge < -0.3 is 15.0 Å². The molecule has 0 unspecified atom stereocenters. The lowest BCUT2D eigenvalue weighted by atomic mass is 10.3. The Kier molecular flexibility index (Phi) is 6.76. The van der Waals surface area contributed by atoms with Gasteiger partial charge in [-0.15, -0.1) is 0 Å². The van der Waals surface area contributed by atoms with Crippen LogP contribution in [-0.4, -0.2) is 47.0 Å². The molecule has 1 amide bonds. The number of anilines is 1. The summed E-state index contributed by atoms with van der Waals surface area (Å²) in [5.41, 5.74) is 0. The standard InChI is InChI=1S/C14H24N4O2/c1-5-18(6-2)14(19)8-9-15-12-10-13(20-7-3)17-11(4)16-12/h10H,5-9H2,1-4H3,(H,15,16,17). The number of carbonyl (C=O) groups excluding carboxylic acids is 1. The summed E-state index contributed by atoms with van der Waals surface area (Å²) in [6, 6.07) is 1.75. The van der Waals surface area contributed by atoms with Crippen LogP contribution in [0.25, 0.3) is 0 Å². The van der Waals surface area contributed by atoms with Crippen LogP contribution in [-0.2, 0) is 4.79 Å². The normalized spacial score (nSPS) is 10.2. The first kappa shape index (κ1) is 16.2. The van der Waals surface area contributed by atoms with Gasteiger partial charge in [-0.1, -0.05) is 0 Å². The molecular formula is C14H24N4O2. The lowest BCUT2D eigenvalue weighted by molar-refractivity contribution is -0.130. The minimum Gasteiger partial charge on any atom is -0.478 e. The van der Waals surface area contributed by atoms with E-state index in [1.165, 1.54) is 0 Å². The summed E-state index contributed by atoms with van der Waals surface area (Å²) in [5.74, 6) is 2.04. The molecule has 1 aromatic rings. The summed E-state index contributed by atoms with van der Waals surface area (Å²) in [7, 11) is 0. The quantitative estimate of drug-likeness (QED) is 0.787. The number of ether oxygens (including phenoxy) is 1. The second-order valence-corrected chi connectivity index (χ2v) is 4.31. The van der Waals surface area contributed by atoms with E-state index in [0.717, 1.165) is 13.1 Å². The van der Waals surface area contributed by atoms with Crippen LogP contribution >= 0.6 is 0 Å². The highest BCUT2D eigenvalue weighted by atomic mass is 16.5. The van der Waals surface area contributed by atoms with Crippen molar-refractivity contribution in [3.8, 4) is 5.88 Å². The molecule has 0 aromatic carbocycles. The van der Waals surface area contributed by atoms with Crippen LogP contribution in [0.15, 0.2) is 6.07 Å². The predicted molar refractivity (Wildman–Crippen MR) is 79.0 cm³/mol. The van der Waals surface area contributed by atoms with E-state index in [2.05, 4.69) is 15.3 Å². The Morgan fingerprint density at radius 3 is 2.60 bits per heavy atom. The zero-order chi connectivity index (χ0) is 15.0. The maximum absolute atomic E-state index is 11.9. The number of amides is 1. The smallest absolute Gasteiger partial charge is 0.224 e. The van der Waals surface area contributed by atoms with E-state index >= 15 is 0 Å². The molecule has 1 rings (SSSR count). The number of nitrogens with one attached hydrogen (secondary N) is 1. The van der Waals surface area contributed by atoms with E-state index in [1.54, 1.807) is 6.07 Å². The first-order valence-electron chi connectivity index (χ1n) is 7.10. The Labute approximate surface area is 120 Å². The molecule has 1 N–H and O–H groups in total. The van der Waals surface area contributed by atoms with Gasteiger partial charge in [0.15, 0.2) is 0 Å². The molecular weight excluding hydrogens is 256 g/mol. The van der Waals surface area contributed by atoms with E-state index in [9.17, 15) is 4.79 Å². The van der Waals surface area contributed by atoms with Crippen molar-refractivity contribution in [2.75, 3.05) is 31.6 Å². The van der Waals surface area contributed by atoms with E-state index in [4.69, 9.17) is 4.74 Å². The van der Waals surface area contributed by atoms with Crippen molar-refractivity contribution in [2.24, 2.45) is 0 Å². The Morgan fingerprint density at radius 2 is 2.00 bits per heavy atom. The summed E-state index contributed by atoms with van der Waals surface area (Å²) < 4.78 is 5.36. The number of hydrogen-bond acceptors (Lipinski definition) is 5. The van der Waals surface area contributed by atoms with Crippen molar-refractivity contribution in [1.29, 1.82) is 0 Å². The number of rotatable bonds is 8. The Balaban J connectivity index is 2.51. The summed E-state index contributed by atoms with van der Waals surface area (Å²) in [6.07, 6.45) is 0.453. The van der Waals surface area contributed by atoms with E-state index in [1.807, 2.05) is 32.6 Å². The van der Waals surface area contributed by atoms with Crippen LogP contribution < -0.4 is 10.1 Å². The Hall–Kier alpha value is -1.85. The Bertz CT molecular complexity index is 433. The molecule has 6 nitrogen and oxygen atoms in total. The first-order valence-corrected chi connectivity index (χ1v) is 7.10. The van der Waals surface area contributed by atoms with Crippen LogP contribution in [0.4, 0.5) is 5.82 Å². The van der Waals surface area contributed by atoms with Crippen molar-refractivity contribution in [2.45, 2.75) is 34.1 Å². The fourth-order valence-corrected chi connectivity index (χ4v) is 1.88. The maximum Gasteiger partial charge on any atom is 0.224 e. The average Bonchev–Trinajstić information content (AvgIpc) is 2.40. The number of carbonyl (C=O) groups is 1. The van der Waals surface area contributed by atoms with E-state index in [0.29, 0.717) is 37.1 Å². The zero-order valence-corrected chi connectivity index (χ0v) is 12.8. The molecule has 0 aliphatic carbocycles. The van der Waals surface area contributed by atoms with Gasteiger partial charge in [0.25, 0.3) is 0 Å². The highest BCUT2D eigenvalue weighted by Gasteiger charge is 2.09. The number of aromatic nitrogens is 2. The third kappa shape index (κ3) is 5.03. The highest BCUT2D eigenvalue weighted by molar-refractivity contribution is 5.76. The first-order chi connectivity index (χ1) is 9.60. The van der Waals surface area contributed by atoms with Gasteiger partial charge in [0.05, 0.1) is 6.61 Å². The van der Waals surface area contributed by atoms with Gasteiger partial charge in [0.1, 0.15) is 11.6 Å². The number of hydrogen-bond donors (Lipinski definition) is 1. The van der Waals surface area contributed by atoms with Crippen LogP contribution in [0, 0.1) is 6.92 Å². The summed E-state index contributed by atoms with van der Waals surface area (Å²) >= 11 is 0. The largest absolute Gasteiger partial charge is 0.478 e. The molecule has 0 aliphatic rings. The minimum atomic E-state index is 0.151. The third-order valence-electron chi connectivity index (χ3n) is 2.87. The van der Waals surface area contributed by atoms with Gasteiger partial charge in [-0.2, -0.15) is 4.98 Å². The minimum absolute atomic E-state index is 0.151. The molecule has 112 valence electrons. The average molecular weight is 280 g/mol. The van der Waals surface area contributed by atoms with Crippen molar-refractivity contribution in [1.82, 2.24) is 14.9 Å². The van der Waals surface area contributed by atoms with E-state index in [-0.39, 0.29) is 5.91 Å². The van der Waals surface area contributed by atoms with Crippen LogP contribution in [0.1, 0.15) is 33.0 Å². The predicted octanol–water partition coefficient (Wildman–Crippen LogP) is 1.85. The van der Waals surface area contributed by atoms with Crippen LogP contribution in [0.5, 0.6) is 5.88 Å². The molecule has 0 bridgehead atoms. The second kappa shape index (κ2) is 8.35. The highest BCUT2D eigenvalue weighted by Crippen LogP contribution is 2.13. The van der Waals surface area contributed by atoms with E-state index < -0.39 is 0 Å². The molecule has 1 heterocycles. The van der Waals surface area contributed by atoms with Crippen LogP contribution in [0.3, 0.4) is 0 Å². The van der Waals surface area contributed by atoms with Crippen LogP contribution in [0.2, 0.25) is 0 Å². The maximum atomic E-state index is 11.9. The van der Waals surface area contributed by atoms with Gasteiger partial charge >= 0.3 is 0 Å². The second-order valence-electron chi connectivity index (χ2n) is 4.31. The number of aryl methyl sites for hydroxylation is 1.